The molecule has 0 bridgehead atoms. The van der Waals surface area contributed by atoms with Crippen molar-refractivity contribution < 1.29 is 9.21 Å². The van der Waals surface area contributed by atoms with Gasteiger partial charge in [-0.1, -0.05) is 35.9 Å². The first kappa shape index (κ1) is 17.2. The SMILES string of the molecule is CCN(Cc1cccc(C)c1)C(=O)NCc1coc(-c2cccs2)n1. The lowest BCUT2D eigenvalue weighted by Crippen LogP contribution is -2.39. The summed E-state index contributed by atoms with van der Waals surface area (Å²) >= 11 is 1.57. The molecule has 3 rings (SSSR count). The monoisotopic (exact) mass is 355 g/mol. The van der Waals surface area contributed by atoms with Crippen LogP contribution in [-0.4, -0.2) is 22.5 Å². The van der Waals surface area contributed by atoms with Gasteiger partial charge in [0.1, 0.15) is 6.26 Å². The Morgan fingerprint density at radius 3 is 2.92 bits per heavy atom. The number of carbonyl (C=O) groups is 1. The molecule has 0 atom stereocenters. The van der Waals surface area contributed by atoms with Crippen LogP contribution < -0.4 is 5.32 Å². The summed E-state index contributed by atoms with van der Waals surface area (Å²) in [6.07, 6.45) is 1.59. The lowest BCUT2D eigenvalue weighted by Gasteiger charge is -2.21. The number of nitrogens with one attached hydrogen (secondary N) is 1. The van der Waals surface area contributed by atoms with Crippen molar-refractivity contribution in [2.24, 2.45) is 0 Å². The Morgan fingerprint density at radius 1 is 1.32 bits per heavy atom. The molecular formula is C19H21N3O2S. The molecule has 5 nitrogen and oxygen atoms in total. The molecule has 3 aromatic rings. The average molecular weight is 355 g/mol. The smallest absolute Gasteiger partial charge is 0.318 e. The van der Waals surface area contributed by atoms with E-state index in [1.807, 2.05) is 36.6 Å². The van der Waals surface area contributed by atoms with Crippen LogP contribution in [0.4, 0.5) is 4.79 Å². The van der Waals surface area contributed by atoms with Crippen LogP contribution in [0, 0.1) is 6.92 Å². The highest BCUT2D eigenvalue weighted by molar-refractivity contribution is 7.13. The molecule has 0 saturated carbocycles. The molecule has 1 aromatic carbocycles. The van der Waals surface area contributed by atoms with Gasteiger partial charge in [-0.15, -0.1) is 11.3 Å². The summed E-state index contributed by atoms with van der Waals surface area (Å²) < 4.78 is 5.47. The van der Waals surface area contributed by atoms with E-state index in [-0.39, 0.29) is 6.03 Å². The van der Waals surface area contributed by atoms with Gasteiger partial charge in [0, 0.05) is 13.1 Å². The summed E-state index contributed by atoms with van der Waals surface area (Å²) in [7, 11) is 0. The van der Waals surface area contributed by atoms with E-state index in [0.29, 0.717) is 31.2 Å². The van der Waals surface area contributed by atoms with E-state index < -0.39 is 0 Å². The number of amides is 2. The van der Waals surface area contributed by atoms with E-state index in [0.717, 1.165) is 10.4 Å². The average Bonchev–Trinajstić information content (AvgIpc) is 3.28. The van der Waals surface area contributed by atoms with Crippen LogP contribution in [0.1, 0.15) is 23.7 Å². The summed E-state index contributed by atoms with van der Waals surface area (Å²) in [5.41, 5.74) is 3.03. The van der Waals surface area contributed by atoms with Crippen molar-refractivity contribution in [2.45, 2.75) is 26.9 Å². The highest BCUT2D eigenvalue weighted by Crippen LogP contribution is 2.23. The minimum atomic E-state index is -0.107. The van der Waals surface area contributed by atoms with Gasteiger partial charge in [0.15, 0.2) is 0 Å². The van der Waals surface area contributed by atoms with Gasteiger partial charge in [-0.25, -0.2) is 9.78 Å². The largest absolute Gasteiger partial charge is 0.443 e. The van der Waals surface area contributed by atoms with Crippen LogP contribution in [0.2, 0.25) is 0 Å². The van der Waals surface area contributed by atoms with Crippen molar-refractivity contribution in [3.8, 4) is 10.8 Å². The van der Waals surface area contributed by atoms with Crippen molar-refractivity contribution in [3.63, 3.8) is 0 Å². The van der Waals surface area contributed by atoms with Crippen LogP contribution in [0.25, 0.3) is 10.8 Å². The number of oxazole rings is 1. The number of aromatic nitrogens is 1. The van der Waals surface area contributed by atoms with E-state index in [2.05, 4.69) is 29.4 Å². The lowest BCUT2D eigenvalue weighted by atomic mass is 10.1. The van der Waals surface area contributed by atoms with Crippen LogP contribution in [0.5, 0.6) is 0 Å². The Morgan fingerprint density at radius 2 is 2.20 bits per heavy atom. The zero-order valence-electron chi connectivity index (χ0n) is 14.4. The minimum Gasteiger partial charge on any atom is -0.443 e. The van der Waals surface area contributed by atoms with Crippen molar-refractivity contribution >= 4 is 17.4 Å². The lowest BCUT2D eigenvalue weighted by molar-refractivity contribution is 0.197. The maximum Gasteiger partial charge on any atom is 0.318 e. The third-order valence-corrected chi connectivity index (χ3v) is 4.69. The summed E-state index contributed by atoms with van der Waals surface area (Å²) in [5, 5.41) is 4.89. The molecule has 0 saturated heterocycles. The fraction of sp³-hybridized carbons (Fsp3) is 0.263. The molecular weight excluding hydrogens is 334 g/mol. The Labute approximate surface area is 151 Å². The van der Waals surface area contributed by atoms with Crippen LogP contribution >= 0.6 is 11.3 Å². The summed E-state index contributed by atoms with van der Waals surface area (Å²) in [4.78, 5) is 19.6. The zero-order chi connectivity index (χ0) is 17.6. The number of hydrogen-bond acceptors (Lipinski definition) is 4. The molecule has 0 aliphatic heterocycles. The topological polar surface area (TPSA) is 58.4 Å². The van der Waals surface area contributed by atoms with E-state index in [4.69, 9.17) is 4.42 Å². The van der Waals surface area contributed by atoms with Gasteiger partial charge in [-0.3, -0.25) is 0 Å². The molecule has 2 amide bonds. The second-order valence-corrected chi connectivity index (χ2v) is 6.73. The van der Waals surface area contributed by atoms with Gasteiger partial charge < -0.3 is 14.6 Å². The maximum atomic E-state index is 12.4. The highest BCUT2D eigenvalue weighted by Gasteiger charge is 2.13. The molecule has 2 heterocycles. The van der Waals surface area contributed by atoms with Gasteiger partial charge in [0.2, 0.25) is 5.89 Å². The predicted molar refractivity (Wildman–Crippen MR) is 99.3 cm³/mol. The van der Waals surface area contributed by atoms with Crippen LogP contribution in [-0.2, 0) is 13.1 Å². The standard InChI is InChI=1S/C19H21N3O2S/c1-3-22(12-15-7-4-6-14(2)10-15)19(23)20-11-16-13-24-18(21-16)17-8-5-9-25-17/h4-10,13H,3,11-12H2,1-2H3,(H,20,23). The third kappa shape index (κ3) is 4.48. The van der Waals surface area contributed by atoms with Gasteiger partial charge in [-0.2, -0.15) is 0 Å². The molecule has 0 spiro atoms. The predicted octanol–water partition coefficient (Wildman–Crippen LogP) is 4.44. The first-order valence-corrected chi connectivity index (χ1v) is 9.10. The number of hydrogen-bond donors (Lipinski definition) is 1. The molecule has 6 heteroatoms. The number of urea groups is 1. The minimum absolute atomic E-state index is 0.107. The number of carbonyl (C=O) groups excluding carboxylic acids is 1. The van der Waals surface area contributed by atoms with Crippen molar-refractivity contribution in [1.29, 1.82) is 0 Å². The van der Waals surface area contributed by atoms with Crippen molar-refractivity contribution in [1.82, 2.24) is 15.2 Å². The Bertz CT molecular complexity index is 827. The van der Waals surface area contributed by atoms with E-state index >= 15 is 0 Å². The third-order valence-electron chi connectivity index (χ3n) is 3.83. The van der Waals surface area contributed by atoms with Crippen LogP contribution in [0.15, 0.2) is 52.5 Å². The van der Waals surface area contributed by atoms with Gasteiger partial charge in [-0.05, 0) is 30.9 Å². The zero-order valence-corrected chi connectivity index (χ0v) is 15.2. The van der Waals surface area contributed by atoms with E-state index in [9.17, 15) is 4.79 Å². The van der Waals surface area contributed by atoms with Gasteiger partial charge in [0.25, 0.3) is 0 Å². The molecule has 2 aromatic heterocycles. The fourth-order valence-corrected chi connectivity index (χ4v) is 3.19. The molecule has 1 N–H and O–H groups in total. The molecule has 0 fully saturated rings. The molecule has 0 radical (unpaired) electrons. The molecule has 25 heavy (non-hydrogen) atoms. The van der Waals surface area contributed by atoms with Crippen molar-refractivity contribution in [2.75, 3.05) is 6.54 Å². The molecule has 130 valence electrons. The number of benzene rings is 1. The fourth-order valence-electron chi connectivity index (χ4n) is 2.54. The summed E-state index contributed by atoms with van der Waals surface area (Å²) in [6, 6.07) is 12.0. The Balaban J connectivity index is 1.57. The second kappa shape index (κ2) is 7.98. The highest BCUT2D eigenvalue weighted by atomic mass is 32.1. The quantitative estimate of drug-likeness (QED) is 0.711. The Kier molecular flexibility index (Phi) is 5.50. The van der Waals surface area contributed by atoms with Crippen molar-refractivity contribution in [3.05, 3.63) is 64.9 Å². The number of nitrogens with zero attached hydrogens (tertiary/aromatic N) is 2. The summed E-state index contributed by atoms with van der Waals surface area (Å²) in [6.45, 7) is 5.59. The first-order chi connectivity index (χ1) is 12.2. The van der Waals surface area contributed by atoms with Gasteiger partial charge >= 0.3 is 6.03 Å². The number of rotatable bonds is 6. The van der Waals surface area contributed by atoms with Gasteiger partial charge in [0.05, 0.1) is 17.1 Å². The van der Waals surface area contributed by atoms with Crippen LogP contribution in [0.3, 0.4) is 0 Å². The summed E-state index contributed by atoms with van der Waals surface area (Å²) in [5.74, 6) is 0.589. The second-order valence-electron chi connectivity index (χ2n) is 5.78. The normalized spacial score (nSPS) is 10.6. The number of thiophene rings is 1. The number of aryl methyl sites for hydroxylation is 1. The molecule has 0 aliphatic carbocycles. The first-order valence-electron chi connectivity index (χ1n) is 8.22. The van der Waals surface area contributed by atoms with E-state index in [1.54, 1.807) is 22.5 Å². The Hall–Kier alpha value is -2.60. The molecule has 0 unspecified atom stereocenters. The maximum absolute atomic E-state index is 12.4. The molecule has 0 aliphatic rings. The van der Waals surface area contributed by atoms with E-state index in [1.165, 1.54) is 5.56 Å².